The largest absolute Gasteiger partial charge is 0.496 e. The van der Waals surface area contributed by atoms with Gasteiger partial charge in [-0.1, -0.05) is 0 Å². The Morgan fingerprint density at radius 3 is 2.68 bits per heavy atom. The first-order chi connectivity index (χ1) is 13.5. The fourth-order valence-electron chi connectivity index (χ4n) is 2.93. The summed E-state index contributed by atoms with van der Waals surface area (Å²) in [4.78, 5) is 16.2. The molecule has 28 heavy (non-hydrogen) atoms. The molecule has 0 saturated carbocycles. The van der Waals surface area contributed by atoms with Gasteiger partial charge in [-0.2, -0.15) is 5.10 Å². The van der Waals surface area contributed by atoms with Crippen LogP contribution in [0.4, 0.5) is 5.69 Å². The number of ether oxygens (including phenoxy) is 1. The van der Waals surface area contributed by atoms with Crippen LogP contribution in [-0.4, -0.2) is 40.9 Å². The maximum absolute atomic E-state index is 12.1. The molecule has 148 valence electrons. The van der Waals surface area contributed by atoms with E-state index >= 15 is 0 Å². The average Bonchev–Trinajstić information content (AvgIpc) is 3.23. The second-order valence-corrected chi connectivity index (χ2v) is 6.52. The summed E-state index contributed by atoms with van der Waals surface area (Å²) >= 11 is 0. The highest BCUT2D eigenvalue weighted by Gasteiger charge is 2.11. The van der Waals surface area contributed by atoms with Crippen molar-refractivity contribution in [2.45, 2.75) is 27.3 Å². The monoisotopic (exact) mass is 383 g/mol. The Morgan fingerprint density at radius 1 is 1.21 bits per heavy atom. The van der Waals surface area contributed by atoms with Crippen molar-refractivity contribution in [3.63, 3.8) is 0 Å². The summed E-state index contributed by atoms with van der Waals surface area (Å²) in [5, 5.41) is 10.5. The van der Waals surface area contributed by atoms with E-state index in [1.54, 1.807) is 24.9 Å². The van der Waals surface area contributed by atoms with Crippen LogP contribution >= 0.6 is 0 Å². The maximum atomic E-state index is 12.1. The molecule has 0 radical (unpaired) electrons. The summed E-state index contributed by atoms with van der Waals surface area (Å²) in [5.41, 5.74) is 3.61. The van der Waals surface area contributed by atoms with Crippen molar-refractivity contribution in [1.82, 2.24) is 20.1 Å². The zero-order valence-corrected chi connectivity index (χ0v) is 16.6. The lowest BCUT2D eigenvalue weighted by Gasteiger charge is -2.12. The van der Waals surface area contributed by atoms with Crippen molar-refractivity contribution in [1.29, 1.82) is 0 Å². The molecular weight excluding hydrogens is 358 g/mol. The van der Waals surface area contributed by atoms with Crippen molar-refractivity contribution in [3.8, 4) is 17.1 Å². The van der Waals surface area contributed by atoms with E-state index in [4.69, 9.17) is 9.15 Å². The lowest BCUT2D eigenvalue weighted by Crippen LogP contribution is -2.32. The molecule has 2 N–H and O–H groups in total. The first kappa shape index (κ1) is 19.5. The van der Waals surface area contributed by atoms with Crippen molar-refractivity contribution in [2.24, 2.45) is 0 Å². The second kappa shape index (κ2) is 8.60. The van der Waals surface area contributed by atoms with Gasteiger partial charge in [0.25, 0.3) is 0 Å². The van der Waals surface area contributed by atoms with Gasteiger partial charge in [0.15, 0.2) is 11.7 Å². The van der Waals surface area contributed by atoms with Gasteiger partial charge in [-0.15, -0.1) is 0 Å². The molecule has 0 spiro atoms. The Kier molecular flexibility index (Phi) is 5.98. The number of carbonyl (C=O) groups is 1. The number of aryl methyl sites for hydroxylation is 3. The summed E-state index contributed by atoms with van der Waals surface area (Å²) in [6, 6.07) is 7.70. The number of nitrogens with zero attached hydrogens (tertiary/aromatic N) is 3. The van der Waals surface area contributed by atoms with Gasteiger partial charge in [-0.25, -0.2) is 4.98 Å². The molecule has 0 aliphatic heterocycles. The van der Waals surface area contributed by atoms with Crippen molar-refractivity contribution < 1.29 is 13.9 Å². The van der Waals surface area contributed by atoms with Crippen molar-refractivity contribution >= 4 is 11.6 Å². The summed E-state index contributed by atoms with van der Waals surface area (Å²) in [6.45, 7) is 6.96. The number of methoxy groups -OCH3 is 1. The van der Waals surface area contributed by atoms with E-state index in [1.807, 2.05) is 38.1 Å². The molecule has 8 heteroatoms. The fraction of sp³-hybridized carbons (Fsp3) is 0.350. The lowest BCUT2D eigenvalue weighted by atomic mass is 10.1. The molecule has 0 saturated heterocycles. The molecule has 3 aromatic rings. The van der Waals surface area contributed by atoms with E-state index in [9.17, 15) is 4.79 Å². The number of benzene rings is 1. The lowest BCUT2D eigenvalue weighted by molar-refractivity contribution is -0.121. The van der Waals surface area contributed by atoms with Crippen LogP contribution in [0.25, 0.3) is 11.3 Å². The Labute approximate surface area is 163 Å². The van der Waals surface area contributed by atoms with Crippen LogP contribution in [0.1, 0.15) is 17.3 Å². The molecule has 1 amide bonds. The summed E-state index contributed by atoms with van der Waals surface area (Å²) in [5.74, 6) is 1.89. The standard InChI is InChI=1S/C20H25N5O3/c1-13-9-14(2)25(24-13)12-20(26)22-8-7-21-16-5-6-17(18(10-16)27-4)19-11-23-15(3)28-19/h5-6,9-11,21H,7-8,12H2,1-4H3,(H,22,26). The van der Waals surface area contributed by atoms with Gasteiger partial charge in [0.1, 0.15) is 12.3 Å². The molecule has 0 unspecified atom stereocenters. The Hall–Kier alpha value is -3.29. The molecule has 3 rings (SSSR count). The molecule has 2 aromatic heterocycles. The van der Waals surface area contributed by atoms with Gasteiger partial charge in [-0.05, 0) is 32.0 Å². The molecule has 2 heterocycles. The third-order valence-corrected chi connectivity index (χ3v) is 4.26. The molecule has 0 fully saturated rings. The smallest absolute Gasteiger partial charge is 0.241 e. The number of nitrogens with one attached hydrogen (secondary N) is 2. The van der Waals surface area contributed by atoms with E-state index in [1.165, 1.54) is 0 Å². The number of carbonyl (C=O) groups excluding carboxylic acids is 1. The number of hydrogen-bond donors (Lipinski definition) is 2. The van der Waals surface area contributed by atoms with E-state index in [0.717, 1.165) is 22.6 Å². The number of hydrogen-bond acceptors (Lipinski definition) is 6. The Morgan fingerprint density at radius 2 is 2.04 bits per heavy atom. The second-order valence-electron chi connectivity index (χ2n) is 6.52. The first-order valence-electron chi connectivity index (χ1n) is 9.08. The normalized spacial score (nSPS) is 10.7. The van der Waals surface area contributed by atoms with Crippen LogP contribution in [0.15, 0.2) is 34.9 Å². The van der Waals surface area contributed by atoms with Crippen LogP contribution in [0, 0.1) is 20.8 Å². The Bertz CT molecular complexity index is 961. The van der Waals surface area contributed by atoms with Gasteiger partial charge >= 0.3 is 0 Å². The minimum absolute atomic E-state index is 0.0679. The van der Waals surface area contributed by atoms with E-state index in [2.05, 4.69) is 20.7 Å². The highest BCUT2D eigenvalue weighted by atomic mass is 16.5. The molecule has 0 aliphatic rings. The number of oxazole rings is 1. The predicted molar refractivity (Wildman–Crippen MR) is 106 cm³/mol. The van der Waals surface area contributed by atoms with Gasteiger partial charge in [0, 0.05) is 37.5 Å². The predicted octanol–water partition coefficient (Wildman–Crippen LogP) is 2.70. The highest BCUT2D eigenvalue weighted by Crippen LogP contribution is 2.32. The third kappa shape index (κ3) is 4.70. The minimum Gasteiger partial charge on any atom is -0.496 e. The zero-order valence-electron chi connectivity index (χ0n) is 16.6. The number of amides is 1. The number of aromatic nitrogens is 3. The maximum Gasteiger partial charge on any atom is 0.241 e. The summed E-state index contributed by atoms with van der Waals surface area (Å²) in [6.07, 6.45) is 1.68. The summed E-state index contributed by atoms with van der Waals surface area (Å²) in [7, 11) is 1.62. The van der Waals surface area contributed by atoms with Gasteiger partial charge < -0.3 is 19.8 Å². The van der Waals surface area contributed by atoms with E-state index < -0.39 is 0 Å². The number of rotatable bonds is 8. The molecule has 0 aliphatic carbocycles. The zero-order chi connectivity index (χ0) is 20.1. The van der Waals surface area contributed by atoms with Crippen LogP contribution in [0.3, 0.4) is 0 Å². The van der Waals surface area contributed by atoms with Crippen LogP contribution < -0.4 is 15.4 Å². The molecular formula is C20H25N5O3. The fourth-order valence-corrected chi connectivity index (χ4v) is 2.93. The number of anilines is 1. The van der Waals surface area contributed by atoms with Gasteiger partial charge in [0.05, 0.1) is 24.6 Å². The highest BCUT2D eigenvalue weighted by molar-refractivity contribution is 5.75. The van der Waals surface area contributed by atoms with Gasteiger partial charge in [-0.3, -0.25) is 9.48 Å². The van der Waals surface area contributed by atoms with Crippen LogP contribution in [-0.2, 0) is 11.3 Å². The van der Waals surface area contributed by atoms with E-state index in [0.29, 0.717) is 30.5 Å². The topological polar surface area (TPSA) is 94.2 Å². The Balaban J connectivity index is 1.50. The van der Waals surface area contributed by atoms with Crippen LogP contribution in [0.2, 0.25) is 0 Å². The van der Waals surface area contributed by atoms with E-state index in [-0.39, 0.29) is 12.5 Å². The SMILES string of the molecule is COc1cc(NCCNC(=O)Cn2nc(C)cc2C)ccc1-c1cnc(C)o1. The third-order valence-electron chi connectivity index (χ3n) is 4.26. The first-order valence-corrected chi connectivity index (χ1v) is 9.08. The molecule has 1 aromatic carbocycles. The van der Waals surface area contributed by atoms with Gasteiger partial charge in [0.2, 0.25) is 5.91 Å². The van der Waals surface area contributed by atoms with Crippen molar-refractivity contribution in [3.05, 3.63) is 47.7 Å². The quantitative estimate of drug-likeness (QED) is 0.581. The molecule has 0 bridgehead atoms. The minimum atomic E-state index is -0.0679. The molecule has 0 atom stereocenters. The van der Waals surface area contributed by atoms with Crippen LogP contribution in [0.5, 0.6) is 5.75 Å². The average molecular weight is 383 g/mol. The summed E-state index contributed by atoms with van der Waals surface area (Å²) < 4.78 is 12.7. The van der Waals surface area contributed by atoms with Crippen molar-refractivity contribution in [2.75, 3.05) is 25.5 Å². The molecule has 8 nitrogen and oxygen atoms in total.